The van der Waals surface area contributed by atoms with E-state index in [1.54, 1.807) is 0 Å². The van der Waals surface area contributed by atoms with E-state index in [0.717, 1.165) is 0 Å². The molecule has 0 bridgehead atoms. The van der Waals surface area contributed by atoms with Gasteiger partial charge in [0.05, 0.1) is 6.54 Å². The fourth-order valence-corrected chi connectivity index (χ4v) is 0.974. The molecule has 4 heteroatoms. The molecule has 0 aliphatic heterocycles. The van der Waals surface area contributed by atoms with E-state index in [1.807, 2.05) is 13.8 Å². The van der Waals surface area contributed by atoms with Crippen LogP contribution in [0.5, 0.6) is 0 Å². The number of methoxy groups -OCH3 is 1. The van der Waals surface area contributed by atoms with Crippen molar-refractivity contribution in [2.45, 2.75) is 32.5 Å². The molecule has 2 N–H and O–H groups in total. The molecule has 0 radical (unpaired) electrons. The highest BCUT2D eigenvalue weighted by Crippen LogP contribution is 2.20. The fraction of sp³-hybridized carbons (Fsp3) is 0.875. The summed E-state index contributed by atoms with van der Waals surface area (Å²) in [5.41, 5.74) is 5.11. The predicted octanol–water partition coefficient (Wildman–Crippen LogP) is 0.651. The van der Waals surface area contributed by atoms with Crippen LogP contribution in [0.25, 0.3) is 0 Å². The maximum atomic E-state index is 10.9. The average Bonchev–Trinajstić information content (AvgIpc) is 2.14. The first-order chi connectivity index (χ1) is 5.64. The number of esters is 1. The Hall–Kier alpha value is -0.610. The molecule has 0 rings (SSSR count). The highest BCUT2D eigenvalue weighted by atomic mass is 16.7. The minimum Gasteiger partial charge on any atom is -0.432 e. The van der Waals surface area contributed by atoms with Gasteiger partial charge >= 0.3 is 5.97 Å². The monoisotopic (exact) mass is 175 g/mol. The van der Waals surface area contributed by atoms with Gasteiger partial charge in [0, 0.05) is 20.0 Å². The molecule has 0 aromatic carbocycles. The smallest absolute Gasteiger partial charge is 0.322 e. The normalized spacial score (nSPS) is 11.3. The third-order valence-electron chi connectivity index (χ3n) is 1.92. The molecule has 72 valence electrons. The Bertz CT molecular complexity index is 135. The van der Waals surface area contributed by atoms with Crippen LogP contribution in [0.2, 0.25) is 0 Å². The van der Waals surface area contributed by atoms with Crippen molar-refractivity contribution in [2.75, 3.05) is 13.7 Å². The second-order valence-corrected chi connectivity index (χ2v) is 2.50. The Labute approximate surface area is 73.0 Å². The average molecular weight is 175 g/mol. The zero-order valence-corrected chi connectivity index (χ0v) is 7.92. The molecule has 4 nitrogen and oxygen atoms in total. The first kappa shape index (κ1) is 11.4. The minimum atomic E-state index is -0.781. The quantitative estimate of drug-likeness (QED) is 0.492. The van der Waals surface area contributed by atoms with Gasteiger partial charge in [0.15, 0.2) is 0 Å². The molecule has 12 heavy (non-hydrogen) atoms. The maximum absolute atomic E-state index is 10.9. The number of rotatable bonds is 5. The van der Waals surface area contributed by atoms with Crippen LogP contribution in [0, 0.1) is 0 Å². The Morgan fingerprint density at radius 1 is 1.42 bits per heavy atom. The summed E-state index contributed by atoms with van der Waals surface area (Å²) in [6, 6.07) is 0. The number of carbonyl (C=O) groups excluding carboxylic acids is 1. The molecular formula is C8H17NO3. The maximum Gasteiger partial charge on any atom is 0.322 e. The lowest BCUT2D eigenvalue weighted by molar-refractivity contribution is -0.222. The second-order valence-electron chi connectivity index (χ2n) is 2.50. The number of ether oxygens (including phenoxy) is 2. The Kier molecular flexibility index (Phi) is 4.85. The minimum absolute atomic E-state index is 0.106. The molecule has 0 aromatic heterocycles. The van der Waals surface area contributed by atoms with E-state index in [9.17, 15) is 4.79 Å². The van der Waals surface area contributed by atoms with Gasteiger partial charge in [-0.3, -0.25) is 4.79 Å². The van der Waals surface area contributed by atoms with Gasteiger partial charge in [-0.15, -0.1) is 0 Å². The van der Waals surface area contributed by atoms with Gasteiger partial charge < -0.3 is 15.2 Å². The third kappa shape index (κ3) is 2.79. The summed E-state index contributed by atoms with van der Waals surface area (Å²) >= 11 is 0. The van der Waals surface area contributed by atoms with Crippen molar-refractivity contribution in [3.8, 4) is 0 Å². The van der Waals surface area contributed by atoms with E-state index < -0.39 is 11.8 Å². The van der Waals surface area contributed by atoms with Gasteiger partial charge in [0.25, 0.3) is 0 Å². The lowest BCUT2D eigenvalue weighted by atomic mass is 10.1. The van der Waals surface area contributed by atoms with Crippen molar-refractivity contribution in [3.05, 3.63) is 0 Å². The molecule has 0 aliphatic rings. The summed E-state index contributed by atoms with van der Waals surface area (Å²) in [4.78, 5) is 10.9. The van der Waals surface area contributed by atoms with Crippen molar-refractivity contribution in [3.63, 3.8) is 0 Å². The van der Waals surface area contributed by atoms with Crippen molar-refractivity contribution in [1.29, 1.82) is 0 Å². The van der Waals surface area contributed by atoms with Gasteiger partial charge in [0.1, 0.15) is 0 Å². The van der Waals surface area contributed by atoms with Crippen molar-refractivity contribution >= 4 is 5.97 Å². The molecule has 0 atom stereocenters. The number of nitrogens with two attached hydrogens (primary N) is 1. The van der Waals surface area contributed by atoms with Crippen LogP contribution in [-0.4, -0.2) is 25.4 Å². The van der Waals surface area contributed by atoms with Crippen molar-refractivity contribution < 1.29 is 14.3 Å². The summed E-state index contributed by atoms with van der Waals surface area (Å²) in [6.45, 7) is 3.69. The number of carbonyl (C=O) groups is 1. The summed E-state index contributed by atoms with van der Waals surface area (Å²) < 4.78 is 10.2. The van der Waals surface area contributed by atoms with E-state index in [4.69, 9.17) is 15.2 Å². The molecule has 0 saturated heterocycles. The zero-order valence-electron chi connectivity index (χ0n) is 7.92. The molecule has 0 heterocycles. The standard InChI is InChI=1S/C8H17NO3/c1-4-8(5-2,11-3)12-7(10)6-9/h4-6,9H2,1-3H3. The van der Waals surface area contributed by atoms with E-state index in [0.29, 0.717) is 12.8 Å². The van der Waals surface area contributed by atoms with Crippen molar-refractivity contribution in [1.82, 2.24) is 0 Å². The van der Waals surface area contributed by atoms with Gasteiger partial charge in [-0.05, 0) is 0 Å². The third-order valence-corrected chi connectivity index (χ3v) is 1.92. The fourth-order valence-electron chi connectivity index (χ4n) is 0.974. The lowest BCUT2D eigenvalue weighted by Gasteiger charge is -2.29. The summed E-state index contributed by atoms with van der Waals surface area (Å²) in [6.07, 6.45) is 1.26. The molecular weight excluding hydrogens is 158 g/mol. The number of hydrogen-bond acceptors (Lipinski definition) is 4. The van der Waals surface area contributed by atoms with Crippen LogP contribution < -0.4 is 5.73 Å². The predicted molar refractivity (Wildman–Crippen MR) is 45.5 cm³/mol. The topological polar surface area (TPSA) is 61.5 Å². The summed E-state index contributed by atoms with van der Waals surface area (Å²) in [5.74, 6) is -1.21. The van der Waals surface area contributed by atoms with Crippen LogP contribution in [0.1, 0.15) is 26.7 Å². The highest BCUT2D eigenvalue weighted by Gasteiger charge is 2.29. The van der Waals surface area contributed by atoms with E-state index in [2.05, 4.69) is 0 Å². The van der Waals surface area contributed by atoms with Crippen LogP contribution in [0.4, 0.5) is 0 Å². The SMILES string of the molecule is CCC(CC)(OC)OC(=O)CN. The van der Waals surface area contributed by atoms with Gasteiger partial charge in [-0.25, -0.2) is 0 Å². The Morgan fingerprint density at radius 2 is 1.92 bits per heavy atom. The van der Waals surface area contributed by atoms with Gasteiger partial charge in [-0.1, -0.05) is 13.8 Å². The molecule has 0 amide bonds. The first-order valence-corrected chi connectivity index (χ1v) is 4.11. The molecule has 0 aliphatic carbocycles. The lowest BCUT2D eigenvalue weighted by Crippen LogP contribution is -2.37. The molecule has 0 fully saturated rings. The summed E-state index contributed by atoms with van der Waals surface area (Å²) in [5, 5.41) is 0. The van der Waals surface area contributed by atoms with Crippen LogP contribution in [0.15, 0.2) is 0 Å². The van der Waals surface area contributed by atoms with Gasteiger partial charge in [0.2, 0.25) is 5.79 Å². The molecule has 0 unspecified atom stereocenters. The van der Waals surface area contributed by atoms with Crippen LogP contribution in [-0.2, 0) is 14.3 Å². The second kappa shape index (κ2) is 5.11. The molecule has 0 spiro atoms. The van der Waals surface area contributed by atoms with E-state index >= 15 is 0 Å². The molecule has 0 saturated carbocycles. The van der Waals surface area contributed by atoms with Crippen molar-refractivity contribution in [2.24, 2.45) is 5.73 Å². The number of hydrogen-bond donors (Lipinski definition) is 1. The van der Waals surface area contributed by atoms with E-state index in [1.165, 1.54) is 7.11 Å². The molecule has 0 aromatic rings. The highest BCUT2D eigenvalue weighted by molar-refractivity contribution is 5.71. The first-order valence-electron chi connectivity index (χ1n) is 4.11. The Balaban J connectivity index is 4.19. The zero-order chi connectivity index (χ0) is 9.61. The van der Waals surface area contributed by atoms with Gasteiger partial charge in [-0.2, -0.15) is 0 Å². The van der Waals surface area contributed by atoms with E-state index in [-0.39, 0.29) is 6.54 Å². The Morgan fingerprint density at radius 3 is 2.17 bits per heavy atom. The largest absolute Gasteiger partial charge is 0.432 e. The summed E-state index contributed by atoms with van der Waals surface area (Å²) in [7, 11) is 1.52. The van der Waals surface area contributed by atoms with Crippen LogP contribution in [0.3, 0.4) is 0 Å². The van der Waals surface area contributed by atoms with Crippen LogP contribution >= 0.6 is 0 Å².